The molecule has 0 aliphatic rings. The number of rotatable bonds is 5. The van der Waals surface area contributed by atoms with Crippen molar-refractivity contribution in [1.29, 1.82) is 0 Å². The van der Waals surface area contributed by atoms with Gasteiger partial charge in [0.05, 0.1) is 0 Å². The van der Waals surface area contributed by atoms with Crippen molar-refractivity contribution in [2.24, 2.45) is 5.92 Å². The first-order valence-electron chi connectivity index (χ1n) is 5.61. The average Bonchev–Trinajstić information content (AvgIpc) is 2.34. The van der Waals surface area contributed by atoms with Crippen molar-refractivity contribution in [3.8, 4) is 0 Å². The highest BCUT2D eigenvalue weighted by atomic mass is 35.5. The van der Waals surface area contributed by atoms with Gasteiger partial charge in [-0.15, -0.1) is 0 Å². The number of aliphatic carboxylic acids is 1. The van der Waals surface area contributed by atoms with Crippen molar-refractivity contribution in [2.45, 2.75) is 26.3 Å². The number of nitrogens with zero attached hydrogens (tertiary/aromatic N) is 1. The van der Waals surface area contributed by atoms with Gasteiger partial charge >= 0.3 is 5.97 Å². The van der Waals surface area contributed by atoms with E-state index in [1.165, 1.54) is 12.3 Å². The summed E-state index contributed by atoms with van der Waals surface area (Å²) in [5.41, 5.74) is 0.108. The molecule has 2 unspecified atom stereocenters. The second kappa shape index (κ2) is 6.35. The van der Waals surface area contributed by atoms with Crippen LogP contribution in [-0.4, -0.2) is 28.0 Å². The monoisotopic (exact) mass is 270 g/mol. The fraction of sp³-hybridized carbons (Fsp3) is 0.417. The Bertz CT molecular complexity index is 451. The zero-order valence-corrected chi connectivity index (χ0v) is 10.9. The van der Waals surface area contributed by atoms with Crippen LogP contribution in [0.5, 0.6) is 0 Å². The molecule has 1 aromatic heterocycles. The van der Waals surface area contributed by atoms with E-state index in [1.54, 1.807) is 13.0 Å². The van der Waals surface area contributed by atoms with Crippen LogP contribution in [0.15, 0.2) is 18.3 Å². The fourth-order valence-electron chi connectivity index (χ4n) is 1.43. The molecular weight excluding hydrogens is 256 g/mol. The minimum absolute atomic E-state index is 0.108. The highest BCUT2D eigenvalue weighted by Gasteiger charge is 2.26. The Hall–Kier alpha value is -1.62. The van der Waals surface area contributed by atoms with E-state index in [4.69, 9.17) is 16.7 Å². The van der Waals surface area contributed by atoms with Gasteiger partial charge in [0.1, 0.15) is 11.7 Å². The number of carbonyl (C=O) groups is 2. The third kappa shape index (κ3) is 3.70. The van der Waals surface area contributed by atoms with Crippen LogP contribution in [0.1, 0.15) is 30.8 Å². The number of aromatic nitrogens is 1. The largest absolute Gasteiger partial charge is 0.480 e. The number of halogens is 1. The zero-order valence-electron chi connectivity index (χ0n) is 10.2. The van der Waals surface area contributed by atoms with E-state index >= 15 is 0 Å². The summed E-state index contributed by atoms with van der Waals surface area (Å²) in [5.74, 6) is -1.75. The first-order valence-corrected chi connectivity index (χ1v) is 5.98. The number of amides is 1. The van der Waals surface area contributed by atoms with E-state index < -0.39 is 17.9 Å². The number of nitrogens with one attached hydrogen (secondary N) is 1. The predicted molar refractivity (Wildman–Crippen MR) is 67.6 cm³/mol. The molecule has 6 heteroatoms. The third-order valence-corrected chi connectivity index (χ3v) is 2.96. The molecule has 5 nitrogen and oxygen atoms in total. The molecule has 0 saturated carbocycles. The second-order valence-corrected chi connectivity index (χ2v) is 4.47. The van der Waals surface area contributed by atoms with Gasteiger partial charge in [-0.25, -0.2) is 4.79 Å². The average molecular weight is 271 g/mol. The Labute approximate surface area is 110 Å². The number of hydrogen-bond donors (Lipinski definition) is 2. The van der Waals surface area contributed by atoms with Crippen molar-refractivity contribution in [1.82, 2.24) is 10.3 Å². The van der Waals surface area contributed by atoms with Crippen LogP contribution in [0.3, 0.4) is 0 Å². The van der Waals surface area contributed by atoms with E-state index in [0.29, 0.717) is 11.4 Å². The van der Waals surface area contributed by atoms with Gasteiger partial charge in [-0.05, 0) is 18.1 Å². The number of hydrogen-bond acceptors (Lipinski definition) is 3. The first-order chi connectivity index (χ1) is 8.45. The van der Waals surface area contributed by atoms with Crippen LogP contribution in [0.4, 0.5) is 0 Å². The minimum Gasteiger partial charge on any atom is -0.480 e. The van der Waals surface area contributed by atoms with Gasteiger partial charge in [0.25, 0.3) is 5.91 Å². The maximum Gasteiger partial charge on any atom is 0.326 e. The van der Waals surface area contributed by atoms with Gasteiger partial charge in [-0.1, -0.05) is 31.9 Å². The molecule has 0 aliphatic heterocycles. The van der Waals surface area contributed by atoms with Gasteiger partial charge in [-0.2, -0.15) is 0 Å². The van der Waals surface area contributed by atoms with Crippen LogP contribution >= 0.6 is 11.6 Å². The topological polar surface area (TPSA) is 79.3 Å². The Balaban J connectivity index is 2.82. The molecule has 98 valence electrons. The van der Waals surface area contributed by atoms with Gasteiger partial charge in [-0.3, -0.25) is 9.78 Å². The molecule has 2 atom stereocenters. The molecule has 1 amide bonds. The van der Waals surface area contributed by atoms with Crippen molar-refractivity contribution < 1.29 is 14.7 Å². The molecule has 0 fully saturated rings. The molecule has 0 aromatic carbocycles. The molecule has 1 heterocycles. The summed E-state index contributed by atoms with van der Waals surface area (Å²) in [6, 6.07) is 2.01. The maximum absolute atomic E-state index is 11.8. The molecule has 0 saturated heterocycles. The van der Waals surface area contributed by atoms with Crippen molar-refractivity contribution in [2.75, 3.05) is 0 Å². The van der Waals surface area contributed by atoms with Gasteiger partial charge in [0.2, 0.25) is 0 Å². The Morgan fingerprint density at radius 2 is 2.22 bits per heavy atom. The zero-order chi connectivity index (χ0) is 13.7. The van der Waals surface area contributed by atoms with E-state index in [9.17, 15) is 9.59 Å². The summed E-state index contributed by atoms with van der Waals surface area (Å²) in [5, 5.41) is 11.9. The van der Waals surface area contributed by atoms with Crippen LogP contribution in [0.2, 0.25) is 5.02 Å². The highest BCUT2D eigenvalue weighted by Crippen LogP contribution is 2.11. The molecule has 0 radical (unpaired) electrons. The molecule has 0 bridgehead atoms. The van der Waals surface area contributed by atoms with Gasteiger partial charge in [0.15, 0.2) is 0 Å². The van der Waals surface area contributed by atoms with Crippen LogP contribution in [0, 0.1) is 5.92 Å². The van der Waals surface area contributed by atoms with E-state index in [0.717, 1.165) is 0 Å². The Morgan fingerprint density at radius 1 is 1.56 bits per heavy atom. The predicted octanol–water partition coefficient (Wildman–Crippen LogP) is 1.96. The maximum atomic E-state index is 11.8. The van der Waals surface area contributed by atoms with Crippen molar-refractivity contribution in [3.05, 3.63) is 29.0 Å². The van der Waals surface area contributed by atoms with Crippen molar-refractivity contribution >= 4 is 23.5 Å². The quantitative estimate of drug-likeness (QED) is 0.857. The highest BCUT2D eigenvalue weighted by molar-refractivity contribution is 6.30. The standard InChI is InChI=1S/C12H15ClN2O3/c1-3-7(2)10(12(17)18)15-11(16)9-6-8(13)4-5-14-9/h4-7,10H,3H2,1-2H3,(H,15,16)(H,17,18). The summed E-state index contributed by atoms with van der Waals surface area (Å²) < 4.78 is 0. The molecular formula is C12H15ClN2O3. The summed E-state index contributed by atoms with van der Waals surface area (Å²) in [6.07, 6.45) is 2.05. The Morgan fingerprint density at radius 3 is 2.72 bits per heavy atom. The van der Waals surface area contributed by atoms with E-state index in [-0.39, 0.29) is 11.6 Å². The third-order valence-electron chi connectivity index (χ3n) is 2.72. The summed E-state index contributed by atoms with van der Waals surface area (Å²) in [6.45, 7) is 3.63. The molecule has 1 rings (SSSR count). The lowest BCUT2D eigenvalue weighted by molar-refractivity contribution is -0.140. The fourth-order valence-corrected chi connectivity index (χ4v) is 1.59. The molecule has 0 aliphatic carbocycles. The number of carboxylic acid groups (broad SMARTS) is 1. The second-order valence-electron chi connectivity index (χ2n) is 4.03. The van der Waals surface area contributed by atoms with E-state index in [1.807, 2.05) is 6.92 Å². The van der Waals surface area contributed by atoms with Gasteiger partial charge in [0, 0.05) is 11.2 Å². The number of carboxylic acids is 1. The Kier molecular flexibility index (Phi) is 5.09. The van der Waals surface area contributed by atoms with E-state index in [2.05, 4.69) is 10.3 Å². The SMILES string of the molecule is CCC(C)C(NC(=O)c1cc(Cl)ccn1)C(=O)O. The minimum atomic E-state index is -1.06. The van der Waals surface area contributed by atoms with Gasteiger partial charge < -0.3 is 10.4 Å². The number of pyridine rings is 1. The number of carbonyl (C=O) groups excluding carboxylic acids is 1. The normalized spacial score (nSPS) is 13.7. The molecule has 0 spiro atoms. The summed E-state index contributed by atoms with van der Waals surface area (Å²) in [7, 11) is 0. The summed E-state index contributed by atoms with van der Waals surface area (Å²) in [4.78, 5) is 26.8. The lowest BCUT2D eigenvalue weighted by atomic mass is 9.99. The lowest BCUT2D eigenvalue weighted by Gasteiger charge is -2.19. The molecule has 18 heavy (non-hydrogen) atoms. The summed E-state index contributed by atoms with van der Waals surface area (Å²) >= 11 is 5.74. The lowest BCUT2D eigenvalue weighted by Crippen LogP contribution is -2.45. The smallest absolute Gasteiger partial charge is 0.326 e. The van der Waals surface area contributed by atoms with Crippen LogP contribution < -0.4 is 5.32 Å². The molecule has 1 aromatic rings. The first kappa shape index (κ1) is 14.4. The van der Waals surface area contributed by atoms with Crippen LogP contribution in [0.25, 0.3) is 0 Å². The van der Waals surface area contributed by atoms with Crippen molar-refractivity contribution in [3.63, 3.8) is 0 Å². The molecule has 2 N–H and O–H groups in total. The van der Waals surface area contributed by atoms with Crippen LogP contribution in [-0.2, 0) is 4.79 Å².